The van der Waals surface area contributed by atoms with Crippen LogP contribution < -0.4 is 4.90 Å². The Morgan fingerprint density at radius 2 is 1.78 bits per heavy atom. The van der Waals surface area contributed by atoms with Crippen molar-refractivity contribution in [3.63, 3.8) is 0 Å². The maximum absolute atomic E-state index is 12.7. The molecule has 7 nitrogen and oxygen atoms in total. The first-order chi connectivity index (χ1) is 13.2. The predicted octanol–water partition coefficient (Wildman–Crippen LogP) is 2.63. The second kappa shape index (κ2) is 10.9. The van der Waals surface area contributed by atoms with Gasteiger partial charge in [-0.2, -0.15) is 4.98 Å². The van der Waals surface area contributed by atoms with Gasteiger partial charge in [-0.15, -0.1) is 0 Å². The van der Waals surface area contributed by atoms with Gasteiger partial charge in [0.25, 0.3) is 0 Å². The molecule has 1 fully saturated rings. The van der Waals surface area contributed by atoms with Crippen molar-refractivity contribution in [2.45, 2.75) is 44.4 Å². The largest absolute Gasteiger partial charge is 0.324 e. The Kier molecular flexibility index (Phi) is 8.60. The standard InChI is InChI=1S/C18H26N4O2S.CH2O/c1-3-5-6-17-19-18(24-20-17)21-11-13-22(14-12-21)25(23)16-9-7-15(4-2)8-10-16;1-2/h7-10H,3-6,11-14H2,1-2H3;1H2. The smallest absolute Gasteiger partial charge is 0.322 e. The number of carbonyl (C=O) groups excluding carboxylic acids is 1. The molecule has 8 heteroatoms. The molecule has 1 saturated heterocycles. The zero-order chi connectivity index (χ0) is 19.6. The zero-order valence-electron chi connectivity index (χ0n) is 16.1. The fourth-order valence-corrected chi connectivity index (χ4v) is 4.01. The van der Waals surface area contributed by atoms with E-state index in [2.05, 4.69) is 41.0 Å². The Morgan fingerprint density at radius 3 is 2.37 bits per heavy atom. The monoisotopic (exact) mass is 392 g/mol. The molecule has 2 aromatic rings. The van der Waals surface area contributed by atoms with Crippen molar-refractivity contribution in [3.05, 3.63) is 35.7 Å². The van der Waals surface area contributed by atoms with E-state index in [9.17, 15) is 4.21 Å². The highest BCUT2D eigenvalue weighted by molar-refractivity contribution is 7.82. The van der Waals surface area contributed by atoms with Gasteiger partial charge < -0.3 is 14.2 Å². The van der Waals surface area contributed by atoms with E-state index in [1.807, 2.05) is 23.2 Å². The summed E-state index contributed by atoms with van der Waals surface area (Å²) in [5.74, 6) is 0.777. The first-order valence-corrected chi connectivity index (χ1v) is 10.4. The first-order valence-electron chi connectivity index (χ1n) is 9.33. The van der Waals surface area contributed by atoms with E-state index in [0.29, 0.717) is 6.01 Å². The van der Waals surface area contributed by atoms with E-state index in [1.165, 1.54) is 5.56 Å². The molecule has 1 aromatic heterocycles. The third-order valence-electron chi connectivity index (χ3n) is 4.49. The van der Waals surface area contributed by atoms with Crippen molar-refractivity contribution in [1.82, 2.24) is 14.4 Å². The molecule has 148 valence electrons. The molecule has 0 amide bonds. The highest BCUT2D eigenvalue weighted by Crippen LogP contribution is 2.18. The van der Waals surface area contributed by atoms with Gasteiger partial charge in [-0.25, -0.2) is 8.51 Å². The third-order valence-corrected chi connectivity index (χ3v) is 6.00. The summed E-state index contributed by atoms with van der Waals surface area (Å²) < 4.78 is 20.1. The van der Waals surface area contributed by atoms with Crippen LogP contribution in [0, 0.1) is 0 Å². The Hall–Kier alpha value is -2.06. The summed E-state index contributed by atoms with van der Waals surface area (Å²) in [5.41, 5.74) is 1.26. The lowest BCUT2D eigenvalue weighted by molar-refractivity contribution is -0.0979. The molecule has 1 atom stereocenters. The van der Waals surface area contributed by atoms with Crippen molar-refractivity contribution >= 4 is 23.8 Å². The van der Waals surface area contributed by atoms with Crippen LogP contribution in [0.1, 0.15) is 38.1 Å². The number of aromatic nitrogens is 2. The molecule has 1 aliphatic heterocycles. The molecule has 0 radical (unpaired) electrons. The highest BCUT2D eigenvalue weighted by atomic mass is 32.2. The van der Waals surface area contributed by atoms with Crippen molar-refractivity contribution in [3.8, 4) is 0 Å². The number of hydrogen-bond donors (Lipinski definition) is 0. The molecule has 27 heavy (non-hydrogen) atoms. The van der Waals surface area contributed by atoms with Crippen LogP contribution >= 0.6 is 0 Å². The lowest BCUT2D eigenvalue weighted by Gasteiger charge is -2.32. The molecule has 0 bridgehead atoms. The number of anilines is 1. The zero-order valence-corrected chi connectivity index (χ0v) is 16.9. The van der Waals surface area contributed by atoms with Crippen molar-refractivity contribution in [2.24, 2.45) is 0 Å². The summed E-state index contributed by atoms with van der Waals surface area (Å²) in [6.45, 7) is 9.19. The summed E-state index contributed by atoms with van der Waals surface area (Å²) >= 11 is 0. The van der Waals surface area contributed by atoms with E-state index >= 15 is 0 Å². The van der Waals surface area contributed by atoms with Gasteiger partial charge in [0.1, 0.15) is 17.8 Å². The molecule has 1 aromatic carbocycles. The van der Waals surface area contributed by atoms with E-state index in [1.54, 1.807) is 0 Å². The summed E-state index contributed by atoms with van der Waals surface area (Å²) in [6, 6.07) is 8.64. The van der Waals surface area contributed by atoms with Crippen LogP contribution in [-0.4, -0.2) is 51.6 Å². The highest BCUT2D eigenvalue weighted by Gasteiger charge is 2.25. The normalized spacial score (nSPS) is 15.9. The molecule has 1 unspecified atom stereocenters. The number of benzene rings is 1. The second-order valence-corrected chi connectivity index (χ2v) is 7.75. The molecule has 0 aliphatic carbocycles. The Bertz CT molecular complexity index is 712. The van der Waals surface area contributed by atoms with Gasteiger partial charge in [-0.05, 0) is 30.5 Å². The van der Waals surface area contributed by atoms with Crippen molar-refractivity contribution in [1.29, 1.82) is 0 Å². The summed E-state index contributed by atoms with van der Waals surface area (Å²) in [4.78, 5) is 15.4. The average Bonchev–Trinajstić information content (AvgIpc) is 3.22. The quantitative estimate of drug-likeness (QED) is 0.721. The number of aryl methyl sites for hydroxylation is 2. The molecule has 1 aliphatic rings. The molecule has 2 heterocycles. The molecule has 3 rings (SSSR count). The Morgan fingerprint density at radius 1 is 1.11 bits per heavy atom. The SMILES string of the molecule is C=O.CCCCc1noc(N2CCN(S(=O)c3ccc(CC)cc3)CC2)n1. The van der Waals surface area contributed by atoms with Crippen LogP contribution in [0.15, 0.2) is 33.7 Å². The fourth-order valence-electron chi connectivity index (χ4n) is 2.85. The number of carbonyl (C=O) groups is 1. The van der Waals surface area contributed by atoms with E-state index in [0.717, 1.165) is 62.6 Å². The van der Waals surface area contributed by atoms with Crippen LogP contribution in [0.2, 0.25) is 0 Å². The van der Waals surface area contributed by atoms with Gasteiger partial charge in [0.2, 0.25) is 0 Å². The second-order valence-electron chi connectivity index (χ2n) is 6.26. The molecular weight excluding hydrogens is 364 g/mol. The van der Waals surface area contributed by atoms with Gasteiger partial charge in [0.05, 0.1) is 4.90 Å². The summed E-state index contributed by atoms with van der Waals surface area (Å²) in [6.07, 6.45) is 4.05. The van der Waals surface area contributed by atoms with Crippen LogP contribution in [0.3, 0.4) is 0 Å². The van der Waals surface area contributed by atoms with Gasteiger partial charge in [0, 0.05) is 32.6 Å². The maximum Gasteiger partial charge on any atom is 0.324 e. The first kappa shape index (κ1) is 21.2. The summed E-state index contributed by atoms with van der Waals surface area (Å²) in [5, 5.41) is 4.05. The summed E-state index contributed by atoms with van der Waals surface area (Å²) in [7, 11) is -1.11. The van der Waals surface area contributed by atoms with Crippen LogP contribution in [-0.2, 0) is 28.6 Å². The predicted molar refractivity (Wildman–Crippen MR) is 106 cm³/mol. The van der Waals surface area contributed by atoms with Crippen molar-refractivity contribution < 1.29 is 13.5 Å². The number of rotatable bonds is 7. The van der Waals surface area contributed by atoms with Gasteiger partial charge >= 0.3 is 6.01 Å². The maximum atomic E-state index is 12.7. The number of unbranched alkanes of at least 4 members (excludes halogenated alkanes) is 1. The van der Waals surface area contributed by atoms with Gasteiger partial charge in [0.15, 0.2) is 5.82 Å². The van der Waals surface area contributed by atoms with Crippen molar-refractivity contribution in [2.75, 3.05) is 31.1 Å². The lowest BCUT2D eigenvalue weighted by atomic mass is 10.2. The van der Waals surface area contributed by atoms with E-state index in [4.69, 9.17) is 9.32 Å². The van der Waals surface area contributed by atoms with E-state index in [-0.39, 0.29) is 0 Å². The average molecular weight is 393 g/mol. The number of hydrogen-bond acceptors (Lipinski definition) is 6. The number of nitrogens with zero attached hydrogens (tertiary/aromatic N) is 4. The lowest BCUT2D eigenvalue weighted by Crippen LogP contribution is -2.47. The topological polar surface area (TPSA) is 79.5 Å². The van der Waals surface area contributed by atoms with Crippen LogP contribution in [0.5, 0.6) is 0 Å². The minimum atomic E-state index is -1.11. The fraction of sp³-hybridized carbons (Fsp3) is 0.526. The minimum Gasteiger partial charge on any atom is -0.322 e. The van der Waals surface area contributed by atoms with Gasteiger partial charge in [-0.3, -0.25) is 0 Å². The Balaban J connectivity index is 0.00000126. The van der Waals surface area contributed by atoms with E-state index < -0.39 is 11.0 Å². The van der Waals surface area contributed by atoms with Crippen LogP contribution in [0.25, 0.3) is 0 Å². The molecule has 0 N–H and O–H groups in total. The van der Waals surface area contributed by atoms with Gasteiger partial charge in [-0.1, -0.05) is 37.6 Å². The molecular formula is C19H28N4O3S. The molecule has 0 spiro atoms. The number of piperazine rings is 1. The molecule has 0 saturated carbocycles. The third kappa shape index (κ3) is 5.71. The van der Waals surface area contributed by atoms with Crippen LogP contribution in [0.4, 0.5) is 6.01 Å². The minimum absolute atomic E-state index is 0.587. The Labute approximate surface area is 163 Å².